The lowest BCUT2D eigenvalue weighted by Gasteiger charge is -2.34. The second-order valence-electron chi connectivity index (χ2n) is 7.37. The van der Waals surface area contributed by atoms with E-state index >= 15 is 0 Å². The molecule has 0 saturated carbocycles. The van der Waals surface area contributed by atoms with E-state index in [0.717, 1.165) is 18.9 Å². The minimum atomic E-state index is 0.429. The zero-order chi connectivity index (χ0) is 18.4. The van der Waals surface area contributed by atoms with Crippen molar-refractivity contribution in [3.8, 4) is 0 Å². The Labute approximate surface area is 167 Å². The quantitative estimate of drug-likeness (QED) is 0.708. The molecule has 2 nitrogen and oxygen atoms in total. The summed E-state index contributed by atoms with van der Waals surface area (Å²) in [7, 11) is 2.05. The predicted octanol–water partition coefficient (Wildman–Crippen LogP) is 5.08. The standard InChI is InChI=1S/C22H28Cl2N2/c1-25-20(14-19-7-8-21(23)22(24)15-19)16-26-11-9-18(10-12-26)13-17-5-3-2-4-6-17/h2-8,15,18,20,25H,9-14,16H2,1H3. The molecule has 26 heavy (non-hydrogen) atoms. The molecule has 140 valence electrons. The van der Waals surface area contributed by atoms with Crippen molar-refractivity contribution in [3.05, 3.63) is 69.7 Å². The largest absolute Gasteiger partial charge is 0.315 e. The highest BCUT2D eigenvalue weighted by Gasteiger charge is 2.21. The molecule has 1 aliphatic rings. The van der Waals surface area contributed by atoms with Crippen LogP contribution >= 0.6 is 23.2 Å². The fraction of sp³-hybridized carbons (Fsp3) is 0.455. The van der Waals surface area contributed by atoms with Gasteiger partial charge in [-0.15, -0.1) is 0 Å². The summed E-state index contributed by atoms with van der Waals surface area (Å²) in [5, 5.41) is 4.73. The molecule has 1 saturated heterocycles. The summed E-state index contributed by atoms with van der Waals surface area (Å²) in [5.41, 5.74) is 2.70. The average Bonchev–Trinajstić information content (AvgIpc) is 2.66. The zero-order valence-electron chi connectivity index (χ0n) is 15.4. The normalized spacial score (nSPS) is 17.3. The zero-order valence-corrected chi connectivity index (χ0v) is 16.9. The molecule has 4 heteroatoms. The monoisotopic (exact) mass is 390 g/mol. The number of hydrogen-bond acceptors (Lipinski definition) is 2. The molecule has 1 N–H and O–H groups in total. The summed E-state index contributed by atoms with van der Waals surface area (Å²) >= 11 is 12.2. The Morgan fingerprint density at radius 3 is 2.38 bits per heavy atom. The predicted molar refractivity (Wildman–Crippen MR) is 112 cm³/mol. The van der Waals surface area contributed by atoms with Crippen LogP contribution in [-0.4, -0.2) is 37.6 Å². The SMILES string of the molecule is CNC(Cc1ccc(Cl)c(Cl)c1)CN1CCC(Cc2ccccc2)CC1. The fourth-order valence-corrected chi connectivity index (χ4v) is 4.16. The lowest BCUT2D eigenvalue weighted by molar-refractivity contribution is 0.169. The molecule has 0 amide bonds. The van der Waals surface area contributed by atoms with Crippen molar-refractivity contribution in [2.45, 2.75) is 31.7 Å². The third kappa shape index (κ3) is 5.72. The minimum Gasteiger partial charge on any atom is -0.315 e. The Bertz CT molecular complexity index is 682. The van der Waals surface area contributed by atoms with Gasteiger partial charge in [0.05, 0.1) is 10.0 Å². The third-order valence-electron chi connectivity index (χ3n) is 5.43. The van der Waals surface area contributed by atoms with Crippen LogP contribution in [-0.2, 0) is 12.8 Å². The van der Waals surface area contributed by atoms with Crippen molar-refractivity contribution in [3.63, 3.8) is 0 Å². The smallest absolute Gasteiger partial charge is 0.0595 e. The molecule has 0 aliphatic carbocycles. The van der Waals surface area contributed by atoms with Gasteiger partial charge in [-0.2, -0.15) is 0 Å². The van der Waals surface area contributed by atoms with E-state index in [1.54, 1.807) is 0 Å². The topological polar surface area (TPSA) is 15.3 Å². The van der Waals surface area contributed by atoms with Crippen LogP contribution in [0.3, 0.4) is 0 Å². The van der Waals surface area contributed by atoms with Gasteiger partial charge >= 0.3 is 0 Å². The summed E-state index contributed by atoms with van der Waals surface area (Å²) < 4.78 is 0. The number of rotatable bonds is 7. The van der Waals surface area contributed by atoms with Crippen molar-refractivity contribution < 1.29 is 0 Å². The van der Waals surface area contributed by atoms with Gasteiger partial charge in [0.1, 0.15) is 0 Å². The van der Waals surface area contributed by atoms with E-state index in [9.17, 15) is 0 Å². The fourth-order valence-electron chi connectivity index (χ4n) is 3.84. The van der Waals surface area contributed by atoms with Gasteiger partial charge in [0.15, 0.2) is 0 Å². The van der Waals surface area contributed by atoms with Crippen molar-refractivity contribution in [2.24, 2.45) is 5.92 Å². The maximum Gasteiger partial charge on any atom is 0.0595 e. The molecule has 0 spiro atoms. The number of likely N-dealkylation sites (N-methyl/N-ethyl adjacent to an activating group) is 1. The molecule has 1 aliphatic heterocycles. The molecule has 1 unspecified atom stereocenters. The first kappa shape index (κ1) is 19.7. The van der Waals surface area contributed by atoms with E-state index in [1.807, 2.05) is 19.2 Å². The van der Waals surface area contributed by atoms with Crippen LogP contribution in [0.4, 0.5) is 0 Å². The number of nitrogens with one attached hydrogen (secondary N) is 1. The van der Waals surface area contributed by atoms with Gasteiger partial charge in [-0.25, -0.2) is 0 Å². The number of likely N-dealkylation sites (tertiary alicyclic amines) is 1. The van der Waals surface area contributed by atoms with Gasteiger partial charge in [-0.3, -0.25) is 0 Å². The van der Waals surface area contributed by atoms with Gasteiger partial charge in [0, 0.05) is 12.6 Å². The Kier molecular flexibility index (Phi) is 7.39. The van der Waals surface area contributed by atoms with Crippen LogP contribution in [0.5, 0.6) is 0 Å². The molecule has 1 atom stereocenters. The number of piperidine rings is 1. The number of nitrogens with zero attached hydrogens (tertiary/aromatic N) is 1. The Morgan fingerprint density at radius 2 is 1.73 bits per heavy atom. The van der Waals surface area contributed by atoms with Crippen LogP contribution in [0.25, 0.3) is 0 Å². The molecule has 0 radical (unpaired) electrons. The summed E-state index contributed by atoms with van der Waals surface area (Å²) in [6.45, 7) is 3.46. The Morgan fingerprint density at radius 1 is 1.00 bits per heavy atom. The first-order chi connectivity index (χ1) is 12.6. The molecule has 0 aromatic heterocycles. The lowest BCUT2D eigenvalue weighted by atomic mass is 9.90. The summed E-state index contributed by atoms with van der Waals surface area (Å²) in [4.78, 5) is 2.60. The van der Waals surface area contributed by atoms with Crippen LogP contribution in [0.2, 0.25) is 10.0 Å². The lowest BCUT2D eigenvalue weighted by Crippen LogP contribution is -2.44. The summed E-state index contributed by atoms with van der Waals surface area (Å²) in [6, 6.07) is 17.3. The van der Waals surface area contributed by atoms with Gasteiger partial charge in [-0.1, -0.05) is 59.6 Å². The maximum absolute atomic E-state index is 6.15. The third-order valence-corrected chi connectivity index (χ3v) is 6.17. The second-order valence-corrected chi connectivity index (χ2v) is 8.19. The Hall–Kier alpha value is -1.06. The number of halogens is 2. The first-order valence-corrected chi connectivity index (χ1v) is 10.3. The van der Waals surface area contributed by atoms with Gasteiger partial charge in [0.25, 0.3) is 0 Å². The number of benzene rings is 2. The van der Waals surface area contributed by atoms with E-state index < -0.39 is 0 Å². The highest BCUT2D eigenvalue weighted by Crippen LogP contribution is 2.24. The van der Waals surface area contributed by atoms with Crippen molar-refractivity contribution in [1.82, 2.24) is 10.2 Å². The molecule has 1 fully saturated rings. The molecular weight excluding hydrogens is 363 g/mol. The minimum absolute atomic E-state index is 0.429. The van der Waals surface area contributed by atoms with Gasteiger partial charge in [0.2, 0.25) is 0 Å². The van der Waals surface area contributed by atoms with Crippen LogP contribution in [0.15, 0.2) is 48.5 Å². The molecule has 0 bridgehead atoms. The molecule has 1 heterocycles. The van der Waals surface area contributed by atoms with E-state index in [0.29, 0.717) is 16.1 Å². The van der Waals surface area contributed by atoms with E-state index in [1.165, 1.54) is 43.5 Å². The van der Waals surface area contributed by atoms with Crippen molar-refractivity contribution in [1.29, 1.82) is 0 Å². The van der Waals surface area contributed by atoms with Gasteiger partial charge in [-0.05, 0) is 75.0 Å². The van der Waals surface area contributed by atoms with Crippen LogP contribution < -0.4 is 5.32 Å². The van der Waals surface area contributed by atoms with Crippen LogP contribution in [0, 0.1) is 5.92 Å². The first-order valence-electron chi connectivity index (χ1n) is 9.51. The van der Waals surface area contributed by atoms with Crippen molar-refractivity contribution in [2.75, 3.05) is 26.7 Å². The van der Waals surface area contributed by atoms with Gasteiger partial charge < -0.3 is 10.2 Å². The van der Waals surface area contributed by atoms with E-state index in [4.69, 9.17) is 23.2 Å². The van der Waals surface area contributed by atoms with E-state index in [-0.39, 0.29) is 0 Å². The van der Waals surface area contributed by atoms with E-state index in [2.05, 4.69) is 46.6 Å². The summed E-state index contributed by atoms with van der Waals surface area (Å²) in [6.07, 6.45) is 4.76. The Balaban J connectivity index is 1.47. The van der Waals surface area contributed by atoms with Crippen molar-refractivity contribution >= 4 is 23.2 Å². The molecule has 3 rings (SSSR count). The molecular formula is C22H28Cl2N2. The number of hydrogen-bond donors (Lipinski definition) is 1. The second kappa shape index (κ2) is 9.75. The maximum atomic E-state index is 6.15. The molecule has 2 aromatic carbocycles. The highest BCUT2D eigenvalue weighted by molar-refractivity contribution is 6.42. The average molecular weight is 391 g/mol. The van der Waals surface area contributed by atoms with Crippen LogP contribution in [0.1, 0.15) is 24.0 Å². The summed E-state index contributed by atoms with van der Waals surface area (Å²) in [5.74, 6) is 0.816. The molecule has 2 aromatic rings. The highest BCUT2D eigenvalue weighted by atomic mass is 35.5.